The van der Waals surface area contributed by atoms with Crippen LogP contribution < -0.4 is 14.4 Å². The molecular formula is C87H64BrN7O2. The van der Waals surface area contributed by atoms with Crippen LogP contribution in [-0.2, 0) is 17.3 Å². The lowest BCUT2D eigenvalue weighted by Gasteiger charge is -2.48. The van der Waals surface area contributed by atoms with Crippen molar-refractivity contribution < 1.29 is 10.9 Å². The molecular weight excluding hydrogens is 1250 g/mol. The van der Waals surface area contributed by atoms with Crippen LogP contribution in [0.5, 0.6) is 23.0 Å². The molecule has 10 heteroatoms. The summed E-state index contributed by atoms with van der Waals surface area (Å²) in [7, 11) is 0. The minimum atomic E-state index is -0.577. The Balaban J connectivity index is 0.000000122. The number of hydrogen-bond donors (Lipinski definition) is 0. The molecule has 0 unspecified atom stereocenters. The van der Waals surface area contributed by atoms with Gasteiger partial charge in [-0.15, -0.1) is 0 Å². The van der Waals surface area contributed by atoms with Crippen LogP contribution >= 0.6 is 15.9 Å². The van der Waals surface area contributed by atoms with Crippen molar-refractivity contribution in [2.75, 3.05) is 4.90 Å². The number of benzene rings is 10. The van der Waals surface area contributed by atoms with Crippen LogP contribution in [0.2, 0.25) is 0 Å². The fraction of sp³-hybridized carbons (Fsp3) is 0.0805. The lowest BCUT2D eigenvalue weighted by Crippen LogP contribution is -2.39. The van der Waals surface area contributed by atoms with Gasteiger partial charge in [-0.05, 0) is 189 Å². The number of aromatic nitrogens is 6. The van der Waals surface area contributed by atoms with E-state index in [1.807, 2.05) is 61.3 Å². The second-order valence-corrected chi connectivity index (χ2v) is 26.7. The van der Waals surface area contributed by atoms with Gasteiger partial charge >= 0.3 is 0 Å². The lowest BCUT2D eigenvalue weighted by molar-refractivity contribution is 0.432. The highest BCUT2D eigenvalue weighted by molar-refractivity contribution is 9.10. The Labute approximate surface area is 571 Å². The summed E-state index contributed by atoms with van der Waals surface area (Å²) in [4.78, 5) is 20.5. The van der Waals surface area contributed by atoms with E-state index in [9.17, 15) is 0 Å². The molecule has 0 radical (unpaired) electrons. The number of nitrogens with zero attached hydrogens (tertiary/aromatic N) is 7. The molecule has 2 spiro atoms. The molecule has 0 amide bonds. The van der Waals surface area contributed by atoms with Gasteiger partial charge in [0.2, 0.25) is 0 Å². The molecule has 0 saturated carbocycles. The van der Waals surface area contributed by atoms with Crippen molar-refractivity contribution >= 4 is 76.9 Å². The molecule has 10 aromatic carbocycles. The molecule has 9 nitrogen and oxygen atoms in total. The molecule has 20 rings (SSSR count). The Hall–Kier alpha value is -11.7. The van der Waals surface area contributed by atoms with Crippen LogP contribution in [0.25, 0.3) is 55.2 Å². The second kappa shape index (κ2) is 22.8. The molecule has 0 fully saturated rings. The number of aryl methyl sites for hydroxylation is 4. The highest BCUT2D eigenvalue weighted by Crippen LogP contribution is 2.64. The van der Waals surface area contributed by atoms with Gasteiger partial charge in [0.1, 0.15) is 23.0 Å². The third kappa shape index (κ3) is 8.96. The van der Waals surface area contributed by atoms with Crippen molar-refractivity contribution in [1.29, 1.82) is 0 Å². The van der Waals surface area contributed by atoms with Crippen molar-refractivity contribution in [1.82, 2.24) is 29.1 Å². The molecule has 6 aromatic heterocycles. The minimum Gasteiger partial charge on any atom is -0.457 e. The number of anilines is 3. The standard InChI is InChI=1S/C43H30N4O.C28H22O.C16H10BrN3.H2/c1-27-15-18-37-34(23-27)43(32-10-3-5-13-40(32)48-41-14-6-4-11-33(41)43)35-24-28(2)16-19-38(35)46(37)29-17-20-36-31(25-29)42-39(12-8-22-45-42)47(36)30-9-7-21-44-26-30;1-18-11-13-20-17-21-14-12-19(2)16-25(21)28(24(20)15-18)22-7-3-5-9-26(22)29-27-10-6-4-8-23(27)28;17-11-5-6-14-13(9-11)16-15(4-2-8-19-16)20(14)12-3-1-7-18-10-12;/h3-26H,1-2H3;3-16H,17H2,1-2H3;1-10H;1H/i;;;1+1. The molecule has 4 aliphatic rings. The zero-order chi connectivity index (χ0) is 65.1. The summed E-state index contributed by atoms with van der Waals surface area (Å²) in [5.41, 5.74) is 28.7. The molecule has 466 valence electrons. The fourth-order valence-electron chi connectivity index (χ4n) is 16.0. The molecule has 16 aromatic rings. The van der Waals surface area contributed by atoms with E-state index in [1.165, 1.54) is 66.8 Å². The number of halogens is 1. The number of ether oxygens (including phenoxy) is 2. The Kier molecular flexibility index (Phi) is 13.6. The zero-order valence-corrected chi connectivity index (χ0v) is 55.3. The van der Waals surface area contributed by atoms with Gasteiger partial charge in [-0.2, -0.15) is 0 Å². The van der Waals surface area contributed by atoms with Gasteiger partial charge in [-0.25, -0.2) is 0 Å². The van der Waals surface area contributed by atoms with Gasteiger partial charge in [0, 0.05) is 69.4 Å². The molecule has 1 aliphatic carbocycles. The van der Waals surface area contributed by atoms with Crippen molar-refractivity contribution in [3.8, 4) is 34.4 Å². The van der Waals surface area contributed by atoms with E-state index in [2.05, 4.69) is 297 Å². The second-order valence-electron chi connectivity index (χ2n) is 25.8. The maximum atomic E-state index is 6.61. The third-order valence-electron chi connectivity index (χ3n) is 20.0. The Bertz CT molecular complexity index is 5670. The lowest BCUT2D eigenvalue weighted by atomic mass is 9.58. The third-order valence-corrected chi connectivity index (χ3v) is 20.5. The van der Waals surface area contributed by atoms with Crippen LogP contribution in [0.15, 0.2) is 296 Å². The van der Waals surface area contributed by atoms with Gasteiger partial charge in [0.05, 0.1) is 79.1 Å². The van der Waals surface area contributed by atoms with Crippen LogP contribution in [0, 0.1) is 27.7 Å². The molecule has 9 heterocycles. The minimum absolute atomic E-state index is 0. The number of hydrogen-bond acceptors (Lipinski definition) is 7. The van der Waals surface area contributed by atoms with E-state index in [-0.39, 0.29) is 6.84 Å². The van der Waals surface area contributed by atoms with Crippen molar-refractivity contribution in [2.45, 2.75) is 44.9 Å². The first-order chi connectivity index (χ1) is 47.6. The summed E-state index contributed by atoms with van der Waals surface area (Å²) in [6, 6.07) is 91.1. The first-order valence-electron chi connectivity index (χ1n) is 32.9. The van der Waals surface area contributed by atoms with Crippen LogP contribution in [0.4, 0.5) is 17.1 Å². The van der Waals surface area contributed by atoms with E-state index in [0.717, 1.165) is 117 Å². The van der Waals surface area contributed by atoms with Crippen LogP contribution in [-0.4, -0.2) is 29.1 Å². The van der Waals surface area contributed by atoms with Crippen LogP contribution in [0.1, 0.15) is 79.3 Å². The summed E-state index contributed by atoms with van der Waals surface area (Å²) in [5, 5.41) is 2.23. The summed E-state index contributed by atoms with van der Waals surface area (Å²) in [6.07, 6.45) is 12.0. The van der Waals surface area contributed by atoms with E-state index in [1.54, 1.807) is 6.20 Å². The smallest absolute Gasteiger partial charge is 0.132 e. The Morgan fingerprint density at radius 2 is 0.753 bits per heavy atom. The quantitative estimate of drug-likeness (QED) is 0.174. The number of rotatable bonds is 3. The SMILES string of the molecule is Brc1ccc2c(c1)c1ncccc1n2-c1cccnc1.Cc1ccc2c(c1)C1(c3cc(C)ccc3C2)c2ccccc2Oc2ccccc21.Cc1ccc2c(c1)C1(c3ccccc3Oc3ccccc31)c1cc(C)ccc1N2c1ccc2c(c1)c1ncccc1n2-c1cccnc1.[2HH]. The van der Waals surface area contributed by atoms with E-state index in [4.69, 9.17) is 14.5 Å². The number of pyridine rings is 4. The maximum absolute atomic E-state index is 6.61. The molecule has 0 bridgehead atoms. The van der Waals surface area contributed by atoms with E-state index in [0.29, 0.717) is 0 Å². The van der Waals surface area contributed by atoms with Gasteiger partial charge in [0.25, 0.3) is 0 Å². The first-order valence-corrected chi connectivity index (χ1v) is 33.7. The Morgan fingerprint density at radius 1 is 0.351 bits per heavy atom. The summed E-state index contributed by atoms with van der Waals surface area (Å²) >= 11 is 3.53. The zero-order valence-electron chi connectivity index (χ0n) is 53.7. The van der Waals surface area contributed by atoms with Gasteiger partial charge in [0.15, 0.2) is 0 Å². The number of fused-ring (bicyclic) bond motifs is 22. The largest absolute Gasteiger partial charge is 0.457 e. The van der Waals surface area contributed by atoms with Gasteiger partial charge in [-0.1, -0.05) is 172 Å². The molecule has 0 saturated heterocycles. The molecule has 3 aliphatic heterocycles. The fourth-order valence-corrected chi connectivity index (χ4v) is 16.4. The maximum Gasteiger partial charge on any atom is 0.132 e. The normalized spacial score (nSPS) is 13.7. The predicted octanol–water partition coefficient (Wildman–Crippen LogP) is 21.7. The highest BCUT2D eigenvalue weighted by Gasteiger charge is 2.52. The topological polar surface area (TPSA) is 83.1 Å². The summed E-state index contributed by atoms with van der Waals surface area (Å²) in [5.74, 6) is 3.68. The predicted molar refractivity (Wildman–Crippen MR) is 396 cm³/mol. The van der Waals surface area contributed by atoms with E-state index >= 15 is 0 Å². The molecule has 0 atom stereocenters. The van der Waals surface area contributed by atoms with Crippen molar-refractivity contribution in [3.63, 3.8) is 0 Å². The summed E-state index contributed by atoms with van der Waals surface area (Å²) in [6.45, 7) is 8.76. The van der Waals surface area contributed by atoms with Crippen LogP contribution in [0.3, 0.4) is 0 Å². The van der Waals surface area contributed by atoms with Gasteiger partial charge < -0.3 is 23.5 Å². The summed E-state index contributed by atoms with van der Waals surface area (Å²) < 4.78 is 18.5. The van der Waals surface area contributed by atoms with E-state index < -0.39 is 5.41 Å². The monoisotopic (exact) mass is 1320 g/mol. The first kappa shape index (κ1) is 57.9. The number of para-hydroxylation sites is 4. The molecule has 97 heavy (non-hydrogen) atoms. The van der Waals surface area contributed by atoms with Crippen molar-refractivity contribution in [3.05, 3.63) is 374 Å². The average Bonchev–Trinajstić information content (AvgIpc) is 0.836. The Morgan fingerprint density at radius 3 is 1.21 bits per heavy atom. The highest BCUT2D eigenvalue weighted by atomic mass is 79.9. The molecule has 0 N–H and O–H groups in total. The average molecular weight is 1320 g/mol. The van der Waals surface area contributed by atoms with Crippen molar-refractivity contribution in [2.24, 2.45) is 0 Å². The van der Waals surface area contributed by atoms with Gasteiger partial charge in [-0.3, -0.25) is 19.9 Å².